The van der Waals surface area contributed by atoms with Crippen LogP contribution in [0.4, 0.5) is 14.5 Å². The molecule has 2 aliphatic rings. The summed E-state index contributed by atoms with van der Waals surface area (Å²) in [7, 11) is 0. The van der Waals surface area contributed by atoms with Gasteiger partial charge in [0.15, 0.2) is 0 Å². The second kappa shape index (κ2) is 6.70. The number of hydrogen-bond donors (Lipinski definition) is 2. The maximum Gasteiger partial charge on any atom is 0.138 e. The number of anilines is 1. The molecule has 0 bridgehead atoms. The van der Waals surface area contributed by atoms with Crippen LogP contribution < -0.4 is 5.32 Å². The highest BCUT2D eigenvalue weighted by molar-refractivity contribution is 5.98. The number of imidazole rings is 1. The second-order valence-corrected chi connectivity index (χ2v) is 9.45. The minimum absolute atomic E-state index is 0.0328. The standard InChI is InChI=1S/C26H24F2N4O/c1-13-10-30-25-26(3,4)31-21-9-20(28)22(14(2)24(21)32(13)25)18-8-16(27)7-17-19(11-29-23(17)18)15-5-6-33-12-15/h5-11,15,29,31H,12H2,1-4H3. The van der Waals surface area contributed by atoms with Crippen LogP contribution in [0, 0.1) is 25.5 Å². The molecule has 0 spiro atoms. The van der Waals surface area contributed by atoms with Crippen molar-refractivity contribution < 1.29 is 13.5 Å². The molecular weight excluding hydrogens is 422 g/mol. The Morgan fingerprint density at radius 3 is 2.76 bits per heavy atom. The number of rotatable bonds is 2. The van der Waals surface area contributed by atoms with Gasteiger partial charge in [0, 0.05) is 40.5 Å². The summed E-state index contributed by atoms with van der Waals surface area (Å²) >= 11 is 0. The Kier molecular flexibility index (Phi) is 4.07. The minimum Gasteiger partial charge on any atom is -0.501 e. The van der Waals surface area contributed by atoms with Crippen molar-refractivity contribution in [3.05, 3.63) is 77.2 Å². The molecule has 2 aromatic carbocycles. The van der Waals surface area contributed by atoms with Gasteiger partial charge in [-0.2, -0.15) is 0 Å². The molecule has 4 heterocycles. The van der Waals surface area contributed by atoms with Gasteiger partial charge in [0.2, 0.25) is 0 Å². The molecule has 4 aromatic rings. The molecule has 5 nitrogen and oxygen atoms in total. The third-order valence-corrected chi connectivity index (χ3v) is 6.80. The number of ether oxygens (including phenoxy) is 1. The highest BCUT2D eigenvalue weighted by Crippen LogP contribution is 2.45. The van der Waals surface area contributed by atoms with Crippen molar-refractivity contribution in [1.29, 1.82) is 0 Å². The summed E-state index contributed by atoms with van der Waals surface area (Å²) in [6.07, 6.45) is 7.31. The molecule has 0 fully saturated rings. The second-order valence-electron chi connectivity index (χ2n) is 9.45. The van der Waals surface area contributed by atoms with E-state index in [9.17, 15) is 4.39 Å². The zero-order chi connectivity index (χ0) is 23.1. The molecule has 0 saturated heterocycles. The van der Waals surface area contributed by atoms with E-state index < -0.39 is 17.2 Å². The maximum absolute atomic E-state index is 15.7. The number of halogens is 2. The summed E-state index contributed by atoms with van der Waals surface area (Å²) in [6.45, 7) is 8.42. The number of hydrogen-bond acceptors (Lipinski definition) is 3. The molecule has 1 unspecified atom stereocenters. The van der Waals surface area contributed by atoms with E-state index in [-0.39, 0.29) is 5.92 Å². The summed E-state index contributed by atoms with van der Waals surface area (Å²) in [5.41, 5.74) is 5.29. The summed E-state index contributed by atoms with van der Waals surface area (Å²) in [5.74, 6) is 0.0811. The van der Waals surface area contributed by atoms with Crippen LogP contribution >= 0.6 is 0 Å². The van der Waals surface area contributed by atoms with Gasteiger partial charge in [-0.15, -0.1) is 0 Å². The van der Waals surface area contributed by atoms with Crippen molar-refractivity contribution in [3.8, 4) is 16.8 Å². The lowest BCUT2D eigenvalue weighted by atomic mass is 9.91. The highest BCUT2D eigenvalue weighted by Gasteiger charge is 2.35. The van der Waals surface area contributed by atoms with Gasteiger partial charge in [-0.3, -0.25) is 4.57 Å². The molecule has 0 radical (unpaired) electrons. The molecule has 1 atom stereocenters. The normalized spacial score (nSPS) is 18.2. The van der Waals surface area contributed by atoms with Crippen LogP contribution in [-0.4, -0.2) is 21.1 Å². The van der Waals surface area contributed by atoms with Crippen LogP contribution in [0.15, 0.2) is 42.9 Å². The molecule has 2 aliphatic heterocycles. The maximum atomic E-state index is 15.7. The fourth-order valence-electron chi connectivity index (χ4n) is 5.31. The van der Waals surface area contributed by atoms with E-state index in [1.54, 1.807) is 6.26 Å². The first-order valence-corrected chi connectivity index (χ1v) is 11.0. The Bertz CT molecular complexity index is 1480. The number of benzene rings is 2. The van der Waals surface area contributed by atoms with Crippen molar-refractivity contribution in [2.24, 2.45) is 0 Å². The molecule has 6 rings (SSSR count). The van der Waals surface area contributed by atoms with E-state index in [4.69, 9.17) is 4.74 Å². The van der Waals surface area contributed by atoms with Gasteiger partial charge in [-0.25, -0.2) is 13.8 Å². The Morgan fingerprint density at radius 2 is 2.00 bits per heavy atom. The first kappa shape index (κ1) is 20.0. The van der Waals surface area contributed by atoms with E-state index in [1.807, 2.05) is 46.2 Å². The molecule has 2 aromatic heterocycles. The molecule has 168 valence electrons. The van der Waals surface area contributed by atoms with Crippen molar-refractivity contribution >= 4 is 16.6 Å². The van der Waals surface area contributed by atoms with E-state index in [1.165, 1.54) is 18.2 Å². The lowest BCUT2D eigenvalue weighted by Gasteiger charge is -2.36. The SMILES string of the molecule is Cc1c(-c2cc(F)cc3c(C4C=COC4)c[nH]c23)c(F)cc2c1-n1c(C)cnc1C(C)(C)N2. The molecule has 0 saturated carbocycles. The van der Waals surface area contributed by atoms with Gasteiger partial charge in [0.25, 0.3) is 0 Å². The summed E-state index contributed by atoms with van der Waals surface area (Å²) in [5, 5.41) is 4.17. The summed E-state index contributed by atoms with van der Waals surface area (Å²) < 4.78 is 38.0. The molecule has 7 heteroatoms. The topological polar surface area (TPSA) is 54.9 Å². The number of nitrogens with zero attached hydrogens (tertiary/aromatic N) is 2. The fourth-order valence-corrected chi connectivity index (χ4v) is 5.31. The zero-order valence-electron chi connectivity index (χ0n) is 18.9. The van der Waals surface area contributed by atoms with Crippen molar-refractivity contribution in [3.63, 3.8) is 0 Å². The van der Waals surface area contributed by atoms with Crippen LogP contribution in [0.5, 0.6) is 0 Å². The molecule has 33 heavy (non-hydrogen) atoms. The third kappa shape index (κ3) is 2.78. The number of nitrogens with one attached hydrogen (secondary N) is 2. The van der Waals surface area contributed by atoms with E-state index in [0.717, 1.165) is 33.7 Å². The first-order chi connectivity index (χ1) is 15.8. The van der Waals surface area contributed by atoms with Crippen LogP contribution in [-0.2, 0) is 10.3 Å². The van der Waals surface area contributed by atoms with Crippen molar-refractivity contribution in [1.82, 2.24) is 14.5 Å². The molecule has 0 aliphatic carbocycles. The minimum atomic E-state index is -0.459. The van der Waals surface area contributed by atoms with Gasteiger partial charge in [-0.1, -0.05) is 0 Å². The Morgan fingerprint density at radius 1 is 1.18 bits per heavy atom. The average molecular weight is 447 g/mol. The highest BCUT2D eigenvalue weighted by atomic mass is 19.1. The number of fused-ring (bicyclic) bond motifs is 4. The Hall–Kier alpha value is -3.61. The van der Waals surface area contributed by atoms with E-state index in [0.29, 0.717) is 28.9 Å². The average Bonchev–Trinajstić information content (AvgIpc) is 3.47. The van der Waals surface area contributed by atoms with Gasteiger partial charge < -0.3 is 15.0 Å². The monoisotopic (exact) mass is 446 g/mol. The van der Waals surface area contributed by atoms with Crippen molar-refractivity contribution in [2.75, 3.05) is 11.9 Å². The third-order valence-electron chi connectivity index (χ3n) is 6.80. The van der Waals surface area contributed by atoms with Crippen LogP contribution in [0.25, 0.3) is 27.7 Å². The lowest BCUT2D eigenvalue weighted by molar-refractivity contribution is 0.270. The van der Waals surface area contributed by atoms with Gasteiger partial charge >= 0.3 is 0 Å². The first-order valence-electron chi connectivity index (χ1n) is 11.0. The lowest BCUT2D eigenvalue weighted by Crippen LogP contribution is -2.36. The van der Waals surface area contributed by atoms with Crippen LogP contribution in [0.1, 0.15) is 42.4 Å². The number of aromatic amines is 1. The number of H-pyrrole nitrogens is 1. The smallest absolute Gasteiger partial charge is 0.138 e. The Labute approximate surface area is 190 Å². The van der Waals surface area contributed by atoms with Crippen LogP contribution in [0.2, 0.25) is 0 Å². The summed E-state index contributed by atoms with van der Waals surface area (Å²) in [6, 6.07) is 4.42. The Balaban J connectivity index is 1.63. The quantitative estimate of drug-likeness (QED) is 0.385. The largest absolute Gasteiger partial charge is 0.501 e. The van der Waals surface area contributed by atoms with Gasteiger partial charge in [-0.05, 0) is 63.1 Å². The zero-order valence-corrected chi connectivity index (χ0v) is 18.9. The summed E-state index contributed by atoms with van der Waals surface area (Å²) in [4.78, 5) is 7.88. The molecule has 2 N–H and O–H groups in total. The molecular formula is C26H24F2N4O. The van der Waals surface area contributed by atoms with Crippen molar-refractivity contribution in [2.45, 2.75) is 39.2 Å². The predicted octanol–water partition coefficient (Wildman–Crippen LogP) is 6.20. The van der Waals surface area contributed by atoms with Gasteiger partial charge in [0.05, 0.1) is 35.3 Å². The van der Waals surface area contributed by atoms with E-state index >= 15 is 4.39 Å². The van der Waals surface area contributed by atoms with E-state index in [2.05, 4.69) is 19.9 Å². The van der Waals surface area contributed by atoms with Crippen LogP contribution in [0.3, 0.4) is 0 Å². The fraction of sp³-hybridized carbons (Fsp3) is 0.269. The predicted molar refractivity (Wildman–Crippen MR) is 125 cm³/mol. The molecule has 0 amide bonds. The van der Waals surface area contributed by atoms with Gasteiger partial charge in [0.1, 0.15) is 17.5 Å². The number of aromatic nitrogens is 3. The number of aryl methyl sites for hydroxylation is 1.